The zero-order valence-electron chi connectivity index (χ0n) is 9.70. The van der Waals surface area contributed by atoms with E-state index < -0.39 is 0 Å². The molecule has 0 saturated heterocycles. The highest BCUT2D eigenvalue weighted by Crippen LogP contribution is 2.26. The number of ether oxygens (including phenoxy) is 1. The number of rotatable bonds is 3. The van der Waals surface area contributed by atoms with Crippen molar-refractivity contribution in [3.63, 3.8) is 0 Å². The highest BCUT2D eigenvalue weighted by atomic mass is 35.5. The molecule has 1 N–H and O–H groups in total. The first-order valence-corrected chi connectivity index (χ1v) is 5.65. The molecule has 0 radical (unpaired) electrons. The topological polar surface area (TPSA) is 34.1 Å². The maximum absolute atomic E-state index is 5.89. The van der Waals surface area contributed by atoms with Gasteiger partial charge < -0.3 is 10.1 Å². The van der Waals surface area contributed by atoms with E-state index in [4.69, 9.17) is 16.3 Å². The van der Waals surface area contributed by atoms with Crippen molar-refractivity contribution < 1.29 is 4.74 Å². The van der Waals surface area contributed by atoms with Gasteiger partial charge in [-0.15, -0.1) is 0 Å². The Kier molecular flexibility index (Phi) is 3.49. The van der Waals surface area contributed by atoms with Crippen molar-refractivity contribution in [3.05, 3.63) is 47.0 Å². The van der Waals surface area contributed by atoms with Crippen molar-refractivity contribution in [1.29, 1.82) is 0 Å². The number of anilines is 1. The molecule has 0 spiro atoms. The van der Waals surface area contributed by atoms with Gasteiger partial charge in [0, 0.05) is 18.1 Å². The van der Waals surface area contributed by atoms with E-state index in [-0.39, 0.29) is 0 Å². The molecule has 2 aromatic rings. The van der Waals surface area contributed by atoms with Gasteiger partial charge in [-0.25, -0.2) is 0 Å². The summed E-state index contributed by atoms with van der Waals surface area (Å²) in [6, 6.07) is 11.1. The zero-order chi connectivity index (χ0) is 12.3. The molecule has 2 rings (SSSR count). The average molecular weight is 249 g/mol. The largest absolute Gasteiger partial charge is 0.439 e. The van der Waals surface area contributed by atoms with Crippen molar-refractivity contribution in [2.24, 2.45) is 0 Å². The van der Waals surface area contributed by atoms with Gasteiger partial charge in [-0.1, -0.05) is 17.7 Å². The molecule has 4 heteroatoms. The molecule has 0 aliphatic carbocycles. The highest BCUT2D eigenvalue weighted by Gasteiger charge is 2.03. The Labute approximate surface area is 105 Å². The molecule has 0 aliphatic heterocycles. The molecule has 1 heterocycles. The molecular formula is C13H13ClN2O. The average Bonchev–Trinajstić information content (AvgIpc) is 2.33. The number of aryl methyl sites for hydroxylation is 1. The van der Waals surface area contributed by atoms with Crippen LogP contribution in [-0.2, 0) is 0 Å². The number of aromatic nitrogens is 1. The van der Waals surface area contributed by atoms with Gasteiger partial charge >= 0.3 is 0 Å². The van der Waals surface area contributed by atoms with Crippen molar-refractivity contribution in [2.75, 3.05) is 12.4 Å². The fraction of sp³-hybridized carbons (Fsp3) is 0.154. The van der Waals surface area contributed by atoms with E-state index >= 15 is 0 Å². The molecule has 0 saturated carbocycles. The van der Waals surface area contributed by atoms with Crippen LogP contribution in [0, 0.1) is 6.92 Å². The summed E-state index contributed by atoms with van der Waals surface area (Å²) in [5.41, 5.74) is 0.981. The molecule has 0 aliphatic rings. The van der Waals surface area contributed by atoms with E-state index in [0.717, 1.165) is 17.1 Å². The maximum atomic E-state index is 5.89. The Morgan fingerprint density at radius 3 is 2.76 bits per heavy atom. The summed E-state index contributed by atoms with van der Waals surface area (Å²) in [6.45, 7) is 1.95. The quantitative estimate of drug-likeness (QED) is 0.895. The number of benzene rings is 1. The predicted octanol–water partition coefficient (Wildman–Crippen LogP) is 3.88. The number of hydrogen-bond donors (Lipinski definition) is 1. The fourth-order valence-electron chi connectivity index (χ4n) is 1.45. The smallest absolute Gasteiger partial charge is 0.221 e. The van der Waals surface area contributed by atoms with Gasteiger partial charge in [0.2, 0.25) is 5.88 Å². The second-order valence-electron chi connectivity index (χ2n) is 3.62. The van der Waals surface area contributed by atoms with Crippen LogP contribution in [0.5, 0.6) is 11.6 Å². The number of halogens is 1. The van der Waals surface area contributed by atoms with Crippen LogP contribution in [-0.4, -0.2) is 12.0 Å². The minimum Gasteiger partial charge on any atom is -0.439 e. The molecular weight excluding hydrogens is 236 g/mol. The minimum atomic E-state index is 0.558. The minimum absolute atomic E-state index is 0.558. The van der Waals surface area contributed by atoms with Crippen molar-refractivity contribution in [1.82, 2.24) is 4.98 Å². The summed E-state index contributed by atoms with van der Waals surface area (Å²) >= 11 is 5.89. The summed E-state index contributed by atoms with van der Waals surface area (Å²) in [5, 5.41) is 3.67. The standard InChI is InChI=1S/C13H13ClN2O/c1-9-8-10(14)6-7-11(9)17-13-5-3-4-12(15-2)16-13/h3-8H,1-2H3,(H,15,16). The highest BCUT2D eigenvalue weighted by molar-refractivity contribution is 6.30. The SMILES string of the molecule is CNc1cccc(Oc2ccc(Cl)cc2C)n1. The van der Waals surface area contributed by atoms with Crippen LogP contribution in [0.3, 0.4) is 0 Å². The van der Waals surface area contributed by atoms with Crippen LogP contribution < -0.4 is 10.1 Å². The Bertz CT molecular complexity index is 529. The van der Waals surface area contributed by atoms with Crippen LogP contribution >= 0.6 is 11.6 Å². The van der Waals surface area contributed by atoms with Crippen molar-refractivity contribution >= 4 is 17.4 Å². The number of nitrogens with one attached hydrogen (secondary N) is 1. The van der Waals surface area contributed by atoms with Gasteiger partial charge in [0.05, 0.1) is 0 Å². The third-order valence-corrected chi connectivity index (χ3v) is 2.57. The molecule has 1 aromatic carbocycles. The number of hydrogen-bond acceptors (Lipinski definition) is 3. The van der Waals surface area contributed by atoms with Crippen LogP contribution in [0.4, 0.5) is 5.82 Å². The lowest BCUT2D eigenvalue weighted by molar-refractivity contribution is 0.460. The predicted molar refractivity (Wildman–Crippen MR) is 70.0 cm³/mol. The summed E-state index contributed by atoms with van der Waals surface area (Å²) in [6.07, 6.45) is 0. The molecule has 0 bridgehead atoms. The first-order valence-electron chi connectivity index (χ1n) is 5.28. The van der Waals surface area contributed by atoms with Crippen LogP contribution in [0.1, 0.15) is 5.56 Å². The first kappa shape index (κ1) is 11.7. The lowest BCUT2D eigenvalue weighted by Crippen LogP contribution is -1.95. The van der Waals surface area contributed by atoms with Gasteiger partial charge in [-0.3, -0.25) is 0 Å². The molecule has 3 nitrogen and oxygen atoms in total. The number of nitrogens with zero attached hydrogens (tertiary/aromatic N) is 1. The lowest BCUT2D eigenvalue weighted by atomic mass is 10.2. The molecule has 0 unspecified atom stereocenters. The van der Waals surface area contributed by atoms with E-state index in [1.54, 1.807) is 6.07 Å². The normalized spacial score (nSPS) is 10.1. The third-order valence-electron chi connectivity index (χ3n) is 2.33. The second kappa shape index (κ2) is 5.06. The molecule has 88 valence electrons. The van der Waals surface area contributed by atoms with E-state index in [1.165, 1.54) is 0 Å². The third kappa shape index (κ3) is 2.88. The Morgan fingerprint density at radius 2 is 2.06 bits per heavy atom. The maximum Gasteiger partial charge on any atom is 0.221 e. The van der Waals surface area contributed by atoms with Crippen molar-refractivity contribution in [2.45, 2.75) is 6.92 Å². The van der Waals surface area contributed by atoms with E-state index in [9.17, 15) is 0 Å². The van der Waals surface area contributed by atoms with Gasteiger partial charge in [0.25, 0.3) is 0 Å². The molecule has 0 fully saturated rings. The van der Waals surface area contributed by atoms with E-state index in [2.05, 4.69) is 10.3 Å². The van der Waals surface area contributed by atoms with Crippen LogP contribution in [0.2, 0.25) is 5.02 Å². The fourth-order valence-corrected chi connectivity index (χ4v) is 1.68. The molecule has 17 heavy (non-hydrogen) atoms. The molecule has 1 aromatic heterocycles. The Hall–Kier alpha value is -1.74. The van der Waals surface area contributed by atoms with Crippen LogP contribution in [0.25, 0.3) is 0 Å². The zero-order valence-corrected chi connectivity index (χ0v) is 10.5. The molecule has 0 atom stereocenters. The van der Waals surface area contributed by atoms with E-state index in [1.807, 2.05) is 44.3 Å². The second-order valence-corrected chi connectivity index (χ2v) is 4.06. The van der Waals surface area contributed by atoms with Gasteiger partial charge in [-0.05, 0) is 36.8 Å². The van der Waals surface area contributed by atoms with Crippen molar-refractivity contribution in [3.8, 4) is 11.6 Å². The van der Waals surface area contributed by atoms with Gasteiger partial charge in [0.15, 0.2) is 0 Å². The van der Waals surface area contributed by atoms with Gasteiger partial charge in [0.1, 0.15) is 11.6 Å². The van der Waals surface area contributed by atoms with Crippen LogP contribution in [0.15, 0.2) is 36.4 Å². The summed E-state index contributed by atoms with van der Waals surface area (Å²) in [7, 11) is 1.82. The lowest BCUT2D eigenvalue weighted by Gasteiger charge is -2.08. The Morgan fingerprint density at radius 1 is 1.24 bits per heavy atom. The summed E-state index contributed by atoms with van der Waals surface area (Å²) in [5.74, 6) is 2.09. The summed E-state index contributed by atoms with van der Waals surface area (Å²) < 4.78 is 5.70. The summed E-state index contributed by atoms with van der Waals surface area (Å²) in [4.78, 5) is 4.28. The van der Waals surface area contributed by atoms with E-state index in [0.29, 0.717) is 10.9 Å². The monoisotopic (exact) mass is 248 g/mol. The Balaban J connectivity index is 2.25. The molecule has 0 amide bonds. The first-order chi connectivity index (χ1) is 8.19. The van der Waals surface area contributed by atoms with Gasteiger partial charge in [-0.2, -0.15) is 4.98 Å². The number of pyridine rings is 1.